The molecule has 0 aliphatic carbocycles. The number of anilines is 1. The summed E-state index contributed by atoms with van der Waals surface area (Å²) in [5.41, 5.74) is 10.5. The number of benzene rings is 1. The Hall–Kier alpha value is -4.65. The Balaban J connectivity index is 1.91. The van der Waals surface area contributed by atoms with Crippen molar-refractivity contribution in [3.8, 4) is 45.1 Å². The molecule has 0 bridgehead atoms. The van der Waals surface area contributed by atoms with Crippen LogP contribution in [0.25, 0.3) is 45.1 Å². The minimum atomic E-state index is -0.488. The van der Waals surface area contributed by atoms with Crippen LogP contribution in [-0.2, 0) is 0 Å². The van der Waals surface area contributed by atoms with Crippen molar-refractivity contribution in [3.05, 3.63) is 102 Å². The van der Waals surface area contributed by atoms with Gasteiger partial charge in [-0.3, -0.25) is 19.7 Å². The maximum absolute atomic E-state index is 12.2. The number of nitrogens with zero attached hydrogens (tertiary/aromatic N) is 4. The molecule has 0 radical (unpaired) electrons. The van der Waals surface area contributed by atoms with E-state index in [0.29, 0.717) is 11.3 Å². The number of hydrogen-bond acceptors (Lipinski definition) is 7. The molecular formula is C25H17N5O2. The Morgan fingerprint density at radius 1 is 0.688 bits per heavy atom. The molecule has 0 aliphatic heterocycles. The van der Waals surface area contributed by atoms with Crippen molar-refractivity contribution in [1.82, 2.24) is 19.9 Å². The van der Waals surface area contributed by atoms with Gasteiger partial charge in [0.25, 0.3) is 11.6 Å². The first-order chi connectivity index (χ1) is 15.7. The van der Waals surface area contributed by atoms with Crippen molar-refractivity contribution >= 4 is 6.01 Å². The number of nitrogen functional groups attached to an aromatic ring is 1. The van der Waals surface area contributed by atoms with E-state index >= 15 is 0 Å². The molecule has 4 aromatic heterocycles. The number of pyridine rings is 3. The molecule has 2 N–H and O–H groups in total. The molecule has 0 spiro atoms. The molecular weight excluding hydrogens is 402 g/mol. The number of aromatic nitrogens is 4. The van der Waals surface area contributed by atoms with Gasteiger partial charge < -0.3 is 10.2 Å². The Bertz CT molecular complexity index is 1440. The maximum atomic E-state index is 12.2. The summed E-state index contributed by atoms with van der Waals surface area (Å²) >= 11 is 0. The molecule has 5 aromatic rings. The van der Waals surface area contributed by atoms with Crippen LogP contribution in [0.2, 0.25) is 0 Å². The molecule has 7 nitrogen and oxygen atoms in total. The average molecular weight is 419 g/mol. The van der Waals surface area contributed by atoms with Crippen LogP contribution in [0.15, 0.2) is 101 Å². The molecule has 0 atom stereocenters. The Kier molecular flexibility index (Phi) is 4.97. The molecule has 0 saturated heterocycles. The second-order valence-corrected chi connectivity index (χ2v) is 6.99. The fraction of sp³-hybridized carbons (Fsp3) is 0. The molecule has 0 fully saturated rings. The fourth-order valence-corrected chi connectivity index (χ4v) is 3.58. The Labute approximate surface area is 183 Å². The summed E-state index contributed by atoms with van der Waals surface area (Å²) in [5, 5.41) is 0. The Morgan fingerprint density at radius 2 is 1.28 bits per heavy atom. The van der Waals surface area contributed by atoms with Gasteiger partial charge in [-0.2, -0.15) is 4.98 Å². The van der Waals surface area contributed by atoms with Crippen LogP contribution in [0.4, 0.5) is 6.01 Å². The maximum Gasteiger partial charge on any atom is 0.295 e. The minimum absolute atomic E-state index is 0.206. The third kappa shape index (κ3) is 3.75. The van der Waals surface area contributed by atoms with Gasteiger partial charge in [-0.15, -0.1) is 0 Å². The minimum Gasteiger partial charge on any atom is -0.425 e. The topological polar surface area (TPSA) is 108 Å². The van der Waals surface area contributed by atoms with Crippen LogP contribution in [0.5, 0.6) is 0 Å². The van der Waals surface area contributed by atoms with E-state index in [2.05, 4.69) is 19.9 Å². The standard InChI is InChI=1S/C25H17N5O2/c26-25-30-23(31)15-22(32-25)18-14-16(19-7-1-4-10-27-19)13-17(20-8-2-5-11-28-20)24(18)21-9-3-6-12-29-21/h1-15H,(H2,26,30,31). The number of hydrogen-bond donors (Lipinski definition) is 1. The van der Waals surface area contributed by atoms with Crippen molar-refractivity contribution < 1.29 is 4.42 Å². The zero-order chi connectivity index (χ0) is 21.9. The molecule has 5 rings (SSSR count). The molecule has 154 valence electrons. The lowest BCUT2D eigenvalue weighted by Crippen LogP contribution is -2.08. The summed E-state index contributed by atoms with van der Waals surface area (Å²) in [6.45, 7) is 0. The molecule has 4 heterocycles. The highest BCUT2D eigenvalue weighted by Gasteiger charge is 2.20. The van der Waals surface area contributed by atoms with Crippen molar-refractivity contribution in [1.29, 1.82) is 0 Å². The summed E-state index contributed by atoms with van der Waals surface area (Å²) in [5.74, 6) is 0.290. The first-order valence-electron chi connectivity index (χ1n) is 9.89. The van der Waals surface area contributed by atoms with Crippen LogP contribution >= 0.6 is 0 Å². The van der Waals surface area contributed by atoms with Crippen molar-refractivity contribution in [2.45, 2.75) is 0 Å². The largest absolute Gasteiger partial charge is 0.425 e. The van der Waals surface area contributed by atoms with Crippen LogP contribution in [-0.4, -0.2) is 19.9 Å². The van der Waals surface area contributed by atoms with Crippen LogP contribution < -0.4 is 11.3 Å². The smallest absolute Gasteiger partial charge is 0.295 e. The van der Waals surface area contributed by atoms with E-state index in [-0.39, 0.29) is 11.8 Å². The lowest BCUT2D eigenvalue weighted by atomic mass is 9.90. The lowest BCUT2D eigenvalue weighted by molar-refractivity contribution is 0.564. The van der Waals surface area contributed by atoms with Gasteiger partial charge in [0.2, 0.25) is 0 Å². The van der Waals surface area contributed by atoms with Gasteiger partial charge in [-0.05, 0) is 48.5 Å². The SMILES string of the molecule is Nc1nc(=O)cc(-c2cc(-c3ccccn3)cc(-c3ccccn3)c2-c2ccccn2)o1. The predicted octanol–water partition coefficient (Wildman–Crippen LogP) is 4.47. The molecule has 0 aliphatic rings. The summed E-state index contributed by atoms with van der Waals surface area (Å²) in [6.07, 6.45) is 5.17. The van der Waals surface area contributed by atoms with E-state index in [1.54, 1.807) is 18.6 Å². The second kappa shape index (κ2) is 8.23. The highest BCUT2D eigenvalue weighted by atomic mass is 16.4. The van der Waals surface area contributed by atoms with Gasteiger partial charge in [0, 0.05) is 46.9 Å². The molecule has 1 aromatic carbocycles. The van der Waals surface area contributed by atoms with Crippen LogP contribution in [0.3, 0.4) is 0 Å². The first-order valence-corrected chi connectivity index (χ1v) is 9.89. The van der Waals surface area contributed by atoms with Crippen molar-refractivity contribution in [2.75, 3.05) is 5.73 Å². The van der Waals surface area contributed by atoms with Crippen molar-refractivity contribution in [3.63, 3.8) is 0 Å². The first kappa shape index (κ1) is 19.3. The van der Waals surface area contributed by atoms with E-state index in [0.717, 1.165) is 28.1 Å². The van der Waals surface area contributed by atoms with Gasteiger partial charge in [-0.25, -0.2) is 0 Å². The summed E-state index contributed by atoms with van der Waals surface area (Å²) in [7, 11) is 0. The van der Waals surface area contributed by atoms with Crippen LogP contribution in [0, 0.1) is 0 Å². The van der Waals surface area contributed by atoms with E-state index < -0.39 is 5.56 Å². The average Bonchev–Trinajstić information content (AvgIpc) is 2.84. The lowest BCUT2D eigenvalue weighted by Gasteiger charge is -2.16. The normalized spacial score (nSPS) is 10.8. The third-order valence-electron chi connectivity index (χ3n) is 4.92. The molecule has 0 unspecified atom stereocenters. The van der Waals surface area contributed by atoms with Gasteiger partial charge in [-0.1, -0.05) is 18.2 Å². The third-order valence-corrected chi connectivity index (χ3v) is 4.92. The zero-order valence-corrected chi connectivity index (χ0v) is 16.8. The van der Waals surface area contributed by atoms with Crippen LogP contribution in [0.1, 0.15) is 0 Å². The zero-order valence-electron chi connectivity index (χ0n) is 16.8. The van der Waals surface area contributed by atoms with E-state index in [9.17, 15) is 4.79 Å². The fourth-order valence-electron chi connectivity index (χ4n) is 3.58. The van der Waals surface area contributed by atoms with E-state index in [1.165, 1.54) is 6.07 Å². The van der Waals surface area contributed by atoms with Gasteiger partial charge in [0.1, 0.15) is 5.76 Å². The molecule has 32 heavy (non-hydrogen) atoms. The van der Waals surface area contributed by atoms with E-state index in [4.69, 9.17) is 10.2 Å². The monoisotopic (exact) mass is 419 g/mol. The highest BCUT2D eigenvalue weighted by molar-refractivity contribution is 5.94. The molecule has 0 amide bonds. The Morgan fingerprint density at radius 3 is 1.88 bits per heavy atom. The highest BCUT2D eigenvalue weighted by Crippen LogP contribution is 2.41. The van der Waals surface area contributed by atoms with Gasteiger partial charge >= 0.3 is 0 Å². The summed E-state index contributed by atoms with van der Waals surface area (Å²) in [4.78, 5) is 29.4. The number of nitrogens with two attached hydrogens (primary N) is 1. The summed E-state index contributed by atoms with van der Waals surface area (Å²) in [6, 6.07) is 22.1. The van der Waals surface area contributed by atoms with Gasteiger partial charge in [0.15, 0.2) is 0 Å². The summed E-state index contributed by atoms with van der Waals surface area (Å²) < 4.78 is 5.69. The van der Waals surface area contributed by atoms with Crippen molar-refractivity contribution in [2.24, 2.45) is 0 Å². The van der Waals surface area contributed by atoms with E-state index in [1.807, 2.05) is 66.7 Å². The molecule has 7 heteroatoms. The second-order valence-electron chi connectivity index (χ2n) is 6.99. The molecule has 0 saturated carbocycles. The quantitative estimate of drug-likeness (QED) is 0.458. The predicted molar refractivity (Wildman–Crippen MR) is 122 cm³/mol. The van der Waals surface area contributed by atoms with Gasteiger partial charge in [0.05, 0.1) is 17.1 Å². The number of rotatable bonds is 4.